The van der Waals surface area contributed by atoms with Crippen molar-refractivity contribution in [3.63, 3.8) is 0 Å². The molecule has 2 aromatic carbocycles. The lowest BCUT2D eigenvalue weighted by Gasteiger charge is -2.17. The number of rotatable bonds is 3. The van der Waals surface area contributed by atoms with Crippen LogP contribution in [0.15, 0.2) is 48.5 Å². The van der Waals surface area contributed by atoms with Gasteiger partial charge in [-0.25, -0.2) is 4.79 Å². The van der Waals surface area contributed by atoms with E-state index >= 15 is 0 Å². The molecule has 3 rings (SSSR count). The Labute approximate surface area is 131 Å². The van der Waals surface area contributed by atoms with Crippen molar-refractivity contribution in [2.75, 3.05) is 0 Å². The summed E-state index contributed by atoms with van der Waals surface area (Å²) in [5.41, 5.74) is 7.03. The molecule has 0 fully saturated rings. The second-order valence-corrected chi connectivity index (χ2v) is 5.94. The summed E-state index contributed by atoms with van der Waals surface area (Å²) in [6.07, 6.45) is 6.18. The number of allylic oxidation sites excluding steroid dienone is 1. The minimum Gasteiger partial charge on any atom is -0.478 e. The van der Waals surface area contributed by atoms with Crippen LogP contribution >= 0.6 is 0 Å². The van der Waals surface area contributed by atoms with E-state index in [1.54, 1.807) is 0 Å². The molecule has 0 atom stereocenters. The van der Waals surface area contributed by atoms with E-state index in [4.69, 9.17) is 5.11 Å². The number of carboxylic acid groups (broad SMARTS) is 1. The molecule has 2 aromatic rings. The van der Waals surface area contributed by atoms with Gasteiger partial charge in [-0.15, -0.1) is 0 Å². The van der Waals surface area contributed by atoms with Gasteiger partial charge in [0.15, 0.2) is 0 Å². The molecule has 0 amide bonds. The smallest absolute Gasteiger partial charge is 0.328 e. The van der Waals surface area contributed by atoms with Gasteiger partial charge in [-0.3, -0.25) is 0 Å². The van der Waals surface area contributed by atoms with Crippen LogP contribution in [0.4, 0.5) is 0 Å². The van der Waals surface area contributed by atoms with Crippen molar-refractivity contribution in [3.05, 3.63) is 65.2 Å². The maximum Gasteiger partial charge on any atom is 0.328 e. The molecular formula is C20H20O2. The summed E-state index contributed by atoms with van der Waals surface area (Å²) in [5.74, 6) is -0.906. The van der Waals surface area contributed by atoms with Crippen LogP contribution in [0, 0.1) is 0 Å². The van der Waals surface area contributed by atoms with E-state index in [1.807, 2.05) is 19.1 Å². The number of carbonyl (C=O) groups is 1. The first-order valence-electron chi connectivity index (χ1n) is 7.77. The van der Waals surface area contributed by atoms with Gasteiger partial charge >= 0.3 is 5.97 Å². The minimum atomic E-state index is -0.906. The van der Waals surface area contributed by atoms with Gasteiger partial charge in [0.05, 0.1) is 0 Å². The van der Waals surface area contributed by atoms with Crippen molar-refractivity contribution >= 4 is 11.5 Å². The molecule has 0 saturated heterocycles. The average molecular weight is 292 g/mol. The van der Waals surface area contributed by atoms with Crippen molar-refractivity contribution in [1.82, 2.24) is 0 Å². The summed E-state index contributed by atoms with van der Waals surface area (Å²) in [6, 6.07) is 14.8. The molecule has 2 heteroatoms. The lowest BCUT2D eigenvalue weighted by atomic mass is 9.89. The molecule has 112 valence electrons. The third-order valence-corrected chi connectivity index (χ3v) is 4.34. The van der Waals surface area contributed by atoms with Gasteiger partial charge in [-0.2, -0.15) is 0 Å². The number of benzene rings is 2. The fourth-order valence-electron chi connectivity index (χ4n) is 3.13. The summed E-state index contributed by atoms with van der Waals surface area (Å²) in [4.78, 5) is 10.8. The average Bonchev–Trinajstić information content (AvgIpc) is 2.54. The summed E-state index contributed by atoms with van der Waals surface area (Å²) >= 11 is 0. The Bertz CT molecular complexity index is 741. The highest BCUT2D eigenvalue weighted by molar-refractivity contribution is 5.90. The summed E-state index contributed by atoms with van der Waals surface area (Å²) in [6.45, 7) is 1.83. The molecule has 1 aliphatic rings. The molecule has 0 aromatic heterocycles. The molecule has 1 aliphatic carbocycles. The monoisotopic (exact) mass is 292 g/mol. The predicted molar refractivity (Wildman–Crippen MR) is 89.8 cm³/mol. The number of carboxylic acids is 1. The van der Waals surface area contributed by atoms with Gasteiger partial charge in [0.1, 0.15) is 0 Å². The van der Waals surface area contributed by atoms with Crippen LogP contribution in [-0.4, -0.2) is 11.1 Å². The standard InChI is InChI=1S/C20H20O2/c1-14(11-20(21)22)16-7-4-8-18(12-16)19-10-9-15-5-2-3-6-17(15)13-19/h4,7-13H,2-3,5-6H2,1H3,(H,21,22)/b14-11+. The Morgan fingerprint density at radius 3 is 2.50 bits per heavy atom. The Kier molecular flexibility index (Phi) is 4.10. The molecule has 0 aliphatic heterocycles. The highest BCUT2D eigenvalue weighted by atomic mass is 16.4. The van der Waals surface area contributed by atoms with Crippen LogP contribution in [0.3, 0.4) is 0 Å². The van der Waals surface area contributed by atoms with Crippen molar-refractivity contribution in [2.24, 2.45) is 0 Å². The first kappa shape index (κ1) is 14.6. The zero-order chi connectivity index (χ0) is 15.5. The molecule has 0 saturated carbocycles. The van der Waals surface area contributed by atoms with E-state index in [-0.39, 0.29) is 0 Å². The van der Waals surface area contributed by atoms with Gasteiger partial charge in [0, 0.05) is 6.08 Å². The SMILES string of the molecule is C/C(=C\C(=O)O)c1cccc(-c2ccc3c(c2)CCCC3)c1. The fourth-order valence-corrected chi connectivity index (χ4v) is 3.13. The lowest BCUT2D eigenvalue weighted by Crippen LogP contribution is -2.02. The van der Waals surface area contributed by atoms with Gasteiger partial charge in [-0.1, -0.05) is 36.4 Å². The fraction of sp³-hybridized carbons (Fsp3) is 0.250. The third kappa shape index (κ3) is 3.11. The van der Waals surface area contributed by atoms with Crippen molar-refractivity contribution < 1.29 is 9.90 Å². The lowest BCUT2D eigenvalue weighted by molar-refractivity contribution is -0.131. The first-order valence-corrected chi connectivity index (χ1v) is 7.77. The third-order valence-electron chi connectivity index (χ3n) is 4.34. The molecular weight excluding hydrogens is 272 g/mol. The normalized spacial score (nSPS) is 14.5. The minimum absolute atomic E-state index is 0.771. The molecule has 0 heterocycles. The van der Waals surface area contributed by atoms with Crippen molar-refractivity contribution in [1.29, 1.82) is 0 Å². The van der Waals surface area contributed by atoms with E-state index in [9.17, 15) is 4.79 Å². The quantitative estimate of drug-likeness (QED) is 0.831. The van der Waals surface area contributed by atoms with Crippen molar-refractivity contribution in [3.8, 4) is 11.1 Å². The van der Waals surface area contributed by atoms with Gasteiger partial charge in [0.2, 0.25) is 0 Å². The summed E-state index contributed by atoms with van der Waals surface area (Å²) in [7, 11) is 0. The van der Waals surface area contributed by atoms with Crippen LogP contribution < -0.4 is 0 Å². The number of aryl methyl sites for hydroxylation is 2. The highest BCUT2D eigenvalue weighted by Crippen LogP contribution is 2.29. The Balaban J connectivity index is 1.97. The summed E-state index contributed by atoms with van der Waals surface area (Å²) in [5, 5.41) is 8.89. The highest BCUT2D eigenvalue weighted by Gasteiger charge is 2.10. The van der Waals surface area contributed by atoms with Gasteiger partial charge < -0.3 is 5.11 Å². The predicted octanol–water partition coefficient (Wildman–Crippen LogP) is 4.72. The molecule has 0 unspecified atom stereocenters. The number of fused-ring (bicyclic) bond motifs is 1. The molecule has 2 nitrogen and oxygen atoms in total. The van der Waals surface area contributed by atoms with Crippen LogP contribution in [0.25, 0.3) is 16.7 Å². The van der Waals surface area contributed by atoms with Gasteiger partial charge in [0.25, 0.3) is 0 Å². The van der Waals surface area contributed by atoms with Crippen LogP contribution in [0.1, 0.15) is 36.5 Å². The molecule has 0 radical (unpaired) electrons. The zero-order valence-electron chi connectivity index (χ0n) is 12.8. The maximum absolute atomic E-state index is 10.8. The van der Waals surface area contributed by atoms with E-state index < -0.39 is 5.97 Å². The van der Waals surface area contributed by atoms with E-state index in [0.717, 1.165) is 16.7 Å². The van der Waals surface area contributed by atoms with Crippen LogP contribution in [-0.2, 0) is 17.6 Å². The van der Waals surface area contributed by atoms with E-state index in [2.05, 4.69) is 30.3 Å². The van der Waals surface area contributed by atoms with Crippen LogP contribution in [0.2, 0.25) is 0 Å². The Hall–Kier alpha value is -2.35. The molecule has 0 spiro atoms. The Morgan fingerprint density at radius 1 is 1.00 bits per heavy atom. The van der Waals surface area contributed by atoms with Gasteiger partial charge in [-0.05, 0) is 72.1 Å². The number of hydrogen-bond acceptors (Lipinski definition) is 1. The van der Waals surface area contributed by atoms with Crippen LogP contribution in [0.5, 0.6) is 0 Å². The second kappa shape index (κ2) is 6.18. The zero-order valence-corrected chi connectivity index (χ0v) is 12.8. The topological polar surface area (TPSA) is 37.3 Å². The Morgan fingerprint density at radius 2 is 1.73 bits per heavy atom. The molecule has 0 bridgehead atoms. The largest absolute Gasteiger partial charge is 0.478 e. The summed E-state index contributed by atoms with van der Waals surface area (Å²) < 4.78 is 0. The number of aliphatic carboxylic acids is 1. The second-order valence-electron chi connectivity index (χ2n) is 5.94. The maximum atomic E-state index is 10.8. The first-order chi connectivity index (χ1) is 10.6. The number of hydrogen-bond donors (Lipinski definition) is 1. The molecule has 1 N–H and O–H groups in total. The van der Waals surface area contributed by atoms with E-state index in [0.29, 0.717) is 0 Å². The molecule has 22 heavy (non-hydrogen) atoms. The van der Waals surface area contributed by atoms with Crippen molar-refractivity contribution in [2.45, 2.75) is 32.6 Å². The van der Waals surface area contributed by atoms with E-state index in [1.165, 1.54) is 48.4 Å².